The predicted molar refractivity (Wildman–Crippen MR) is 59.3 cm³/mol. The second-order valence-corrected chi connectivity index (χ2v) is 3.73. The zero-order chi connectivity index (χ0) is 10.8. The molecule has 0 aromatic rings. The van der Waals surface area contributed by atoms with E-state index in [1.54, 1.807) is 7.11 Å². The Morgan fingerprint density at radius 3 is 2.64 bits per heavy atom. The summed E-state index contributed by atoms with van der Waals surface area (Å²) in [5, 5.41) is 0. The summed E-state index contributed by atoms with van der Waals surface area (Å²) in [6, 6.07) is 0. The van der Waals surface area contributed by atoms with E-state index >= 15 is 0 Å². The highest BCUT2D eigenvalue weighted by Crippen LogP contribution is 2.15. The van der Waals surface area contributed by atoms with Crippen molar-refractivity contribution in [3.8, 4) is 0 Å². The molecule has 2 heteroatoms. The number of allylic oxidation sites excluding steroid dienone is 1. The summed E-state index contributed by atoms with van der Waals surface area (Å²) in [6.07, 6.45) is 8.91. The molecule has 2 atom stereocenters. The standard InChI is InChI=1S/C12H22O2/c1-4-7-11(2)10-12(14-3)8-5-6-9-13/h5,8-9,11-12H,4,6-7,10H2,1-3H3/b8-5+. The molecule has 82 valence electrons. The molecule has 14 heavy (non-hydrogen) atoms. The van der Waals surface area contributed by atoms with Gasteiger partial charge in [-0.25, -0.2) is 0 Å². The first kappa shape index (κ1) is 13.4. The average Bonchev–Trinajstić information content (AvgIpc) is 2.17. The minimum atomic E-state index is 0.163. The van der Waals surface area contributed by atoms with Crippen LogP contribution in [0.2, 0.25) is 0 Å². The van der Waals surface area contributed by atoms with Gasteiger partial charge in [0.05, 0.1) is 6.10 Å². The molecule has 0 saturated carbocycles. The predicted octanol–water partition coefficient (Wildman–Crippen LogP) is 2.97. The van der Waals surface area contributed by atoms with Gasteiger partial charge in [-0.05, 0) is 12.3 Å². The summed E-state index contributed by atoms with van der Waals surface area (Å²) in [6.45, 7) is 4.43. The molecule has 0 N–H and O–H groups in total. The Hall–Kier alpha value is -0.630. The van der Waals surface area contributed by atoms with E-state index in [1.807, 2.05) is 12.2 Å². The van der Waals surface area contributed by atoms with Crippen LogP contribution in [0.3, 0.4) is 0 Å². The van der Waals surface area contributed by atoms with Crippen LogP contribution in [-0.2, 0) is 9.53 Å². The molecule has 0 fully saturated rings. The van der Waals surface area contributed by atoms with Crippen molar-refractivity contribution in [2.45, 2.75) is 45.6 Å². The minimum absolute atomic E-state index is 0.163. The third-order valence-electron chi connectivity index (χ3n) is 2.30. The Balaban J connectivity index is 3.82. The number of carbonyl (C=O) groups excluding carboxylic acids is 1. The Morgan fingerprint density at radius 2 is 2.14 bits per heavy atom. The largest absolute Gasteiger partial charge is 0.377 e. The van der Waals surface area contributed by atoms with Crippen LogP contribution >= 0.6 is 0 Å². The summed E-state index contributed by atoms with van der Waals surface area (Å²) >= 11 is 0. The van der Waals surface area contributed by atoms with Gasteiger partial charge in [0.25, 0.3) is 0 Å². The summed E-state index contributed by atoms with van der Waals surface area (Å²) in [4.78, 5) is 10.1. The van der Waals surface area contributed by atoms with Gasteiger partial charge in [0.2, 0.25) is 0 Å². The van der Waals surface area contributed by atoms with Gasteiger partial charge in [-0.2, -0.15) is 0 Å². The van der Waals surface area contributed by atoms with Crippen molar-refractivity contribution in [3.63, 3.8) is 0 Å². The maximum Gasteiger partial charge on any atom is 0.123 e. The monoisotopic (exact) mass is 198 g/mol. The van der Waals surface area contributed by atoms with Crippen LogP contribution in [0.5, 0.6) is 0 Å². The molecule has 2 nitrogen and oxygen atoms in total. The van der Waals surface area contributed by atoms with Crippen LogP contribution in [0, 0.1) is 5.92 Å². The fraction of sp³-hybridized carbons (Fsp3) is 0.750. The molecule has 0 aliphatic rings. The van der Waals surface area contributed by atoms with E-state index in [2.05, 4.69) is 13.8 Å². The fourth-order valence-electron chi connectivity index (χ4n) is 1.55. The Bertz CT molecular complexity index is 164. The van der Waals surface area contributed by atoms with E-state index in [0.29, 0.717) is 12.3 Å². The maximum absolute atomic E-state index is 10.1. The first-order valence-electron chi connectivity index (χ1n) is 5.37. The molecule has 0 aliphatic heterocycles. The molecule has 2 unspecified atom stereocenters. The van der Waals surface area contributed by atoms with Gasteiger partial charge in [0.1, 0.15) is 6.29 Å². The molecule has 0 spiro atoms. The van der Waals surface area contributed by atoms with Crippen LogP contribution < -0.4 is 0 Å². The van der Waals surface area contributed by atoms with E-state index in [4.69, 9.17) is 4.74 Å². The highest BCUT2D eigenvalue weighted by Gasteiger charge is 2.08. The Morgan fingerprint density at radius 1 is 1.43 bits per heavy atom. The summed E-state index contributed by atoms with van der Waals surface area (Å²) < 4.78 is 5.31. The molecule has 0 amide bonds. The third kappa shape index (κ3) is 6.84. The molecule has 0 aromatic heterocycles. The van der Waals surface area contributed by atoms with Gasteiger partial charge < -0.3 is 9.53 Å². The lowest BCUT2D eigenvalue weighted by atomic mass is 9.98. The summed E-state index contributed by atoms with van der Waals surface area (Å²) in [7, 11) is 1.72. The molecular formula is C12H22O2. The van der Waals surface area contributed by atoms with Gasteiger partial charge in [-0.1, -0.05) is 38.8 Å². The lowest BCUT2D eigenvalue weighted by Crippen LogP contribution is -2.11. The van der Waals surface area contributed by atoms with Crippen molar-refractivity contribution in [2.75, 3.05) is 7.11 Å². The summed E-state index contributed by atoms with van der Waals surface area (Å²) in [5.74, 6) is 0.686. The average molecular weight is 198 g/mol. The van der Waals surface area contributed by atoms with Gasteiger partial charge in [0, 0.05) is 13.5 Å². The third-order valence-corrected chi connectivity index (χ3v) is 2.30. The van der Waals surface area contributed by atoms with Gasteiger partial charge in [-0.15, -0.1) is 0 Å². The number of hydrogen-bond donors (Lipinski definition) is 0. The minimum Gasteiger partial charge on any atom is -0.377 e. The van der Waals surface area contributed by atoms with E-state index in [9.17, 15) is 4.79 Å². The van der Waals surface area contributed by atoms with Crippen LogP contribution in [0.15, 0.2) is 12.2 Å². The number of methoxy groups -OCH3 is 1. The van der Waals surface area contributed by atoms with Crippen LogP contribution in [0.25, 0.3) is 0 Å². The van der Waals surface area contributed by atoms with E-state index in [0.717, 1.165) is 12.7 Å². The second kappa shape index (κ2) is 8.95. The topological polar surface area (TPSA) is 26.3 Å². The number of rotatable bonds is 8. The lowest BCUT2D eigenvalue weighted by Gasteiger charge is -2.16. The molecular weight excluding hydrogens is 176 g/mol. The van der Waals surface area contributed by atoms with Gasteiger partial charge in [0.15, 0.2) is 0 Å². The summed E-state index contributed by atoms with van der Waals surface area (Å²) in [5.41, 5.74) is 0. The van der Waals surface area contributed by atoms with Crippen molar-refractivity contribution in [2.24, 2.45) is 5.92 Å². The molecule has 0 rings (SSSR count). The number of aldehydes is 1. The highest BCUT2D eigenvalue weighted by molar-refractivity contribution is 5.51. The fourth-order valence-corrected chi connectivity index (χ4v) is 1.55. The van der Waals surface area contributed by atoms with Gasteiger partial charge >= 0.3 is 0 Å². The Labute approximate surface area is 87.3 Å². The molecule has 0 saturated heterocycles. The molecule has 0 heterocycles. The lowest BCUT2D eigenvalue weighted by molar-refractivity contribution is -0.107. The van der Waals surface area contributed by atoms with Crippen LogP contribution in [0.4, 0.5) is 0 Å². The van der Waals surface area contributed by atoms with Crippen molar-refractivity contribution in [1.29, 1.82) is 0 Å². The van der Waals surface area contributed by atoms with Crippen molar-refractivity contribution >= 4 is 6.29 Å². The van der Waals surface area contributed by atoms with E-state index in [-0.39, 0.29) is 6.10 Å². The van der Waals surface area contributed by atoms with E-state index < -0.39 is 0 Å². The molecule has 0 aliphatic carbocycles. The molecule has 0 radical (unpaired) electrons. The molecule has 0 bridgehead atoms. The smallest absolute Gasteiger partial charge is 0.123 e. The van der Waals surface area contributed by atoms with E-state index in [1.165, 1.54) is 12.8 Å². The number of carbonyl (C=O) groups is 1. The second-order valence-electron chi connectivity index (χ2n) is 3.73. The first-order chi connectivity index (χ1) is 6.74. The first-order valence-corrected chi connectivity index (χ1v) is 5.37. The number of ether oxygens (including phenoxy) is 1. The van der Waals surface area contributed by atoms with Crippen molar-refractivity contribution < 1.29 is 9.53 Å². The zero-order valence-corrected chi connectivity index (χ0v) is 9.53. The zero-order valence-electron chi connectivity index (χ0n) is 9.53. The maximum atomic E-state index is 10.1. The van der Waals surface area contributed by atoms with Gasteiger partial charge in [-0.3, -0.25) is 0 Å². The van der Waals surface area contributed by atoms with Crippen molar-refractivity contribution in [1.82, 2.24) is 0 Å². The normalized spacial score (nSPS) is 15.6. The van der Waals surface area contributed by atoms with Crippen LogP contribution in [-0.4, -0.2) is 19.5 Å². The quantitative estimate of drug-likeness (QED) is 0.443. The Kier molecular flexibility index (Phi) is 8.54. The van der Waals surface area contributed by atoms with Crippen molar-refractivity contribution in [3.05, 3.63) is 12.2 Å². The highest BCUT2D eigenvalue weighted by atomic mass is 16.5. The van der Waals surface area contributed by atoms with Crippen LogP contribution in [0.1, 0.15) is 39.5 Å². The molecule has 0 aromatic carbocycles. The SMILES string of the molecule is CCCC(C)CC(/C=C/CC=O)OC. The number of hydrogen-bond acceptors (Lipinski definition) is 2.